The third-order valence-electron chi connectivity index (χ3n) is 3.64. The van der Waals surface area contributed by atoms with Gasteiger partial charge in [-0.15, -0.1) is 11.6 Å². The van der Waals surface area contributed by atoms with Crippen LogP contribution in [-0.4, -0.2) is 29.3 Å². The molecule has 1 aliphatic rings. The molecule has 0 aromatic heterocycles. The second-order valence-corrected chi connectivity index (χ2v) is 5.53. The van der Waals surface area contributed by atoms with Crippen LogP contribution in [0.4, 0.5) is 0 Å². The molecule has 0 saturated carbocycles. The summed E-state index contributed by atoms with van der Waals surface area (Å²) in [7, 11) is 0. The van der Waals surface area contributed by atoms with Gasteiger partial charge in [0.25, 0.3) is 5.91 Å². The molecule has 2 nitrogen and oxygen atoms in total. The molecule has 1 aliphatic heterocycles. The highest BCUT2D eigenvalue weighted by Gasteiger charge is 2.28. The Morgan fingerprint density at radius 1 is 1.39 bits per heavy atom. The first kappa shape index (κ1) is 13.4. The van der Waals surface area contributed by atoms with Gasteiger partial charge >= 0.3 is 0 Å². The Kier molecular flexibility index (Phi) is 4.28. The van der Waals surface area contributed by atoms with E-state index in [4.69, 9.17) is 11.6 Å². The molecule has 18 heavy (non-hydrogen) atoms. The number of hydrogen-bond donors (Lipinski definition) is 0. The van der Waals surface area contributed by atoms with Crippen LogP contribution in [-0.2, 0) is 0 Å². The molecule has 1 amide bonds. The molecule has 1 heterocycles. The molecule has 0 bridgehead atoms. The highest BCUT2D eigenvalue weighted by atomic mass is 35.5. The molecule has 1 unspecified atom stereocenters. The molecule has 3 heteroatoms. The van der Waals surface area contributed by atoms with E-state index in [1.165, 1.54) is 5.56 Å². The lowest BCUT2D eigenvalue weighted by Gasteiger charge is -2.23. The van der Waals surface area contributed by atoms with Crippen LogP contribution in [0.2, 0.25) is 0 Å². The number of amides is 1. The number of rotatable bonds is 3. The maximum atomic E-state index is 12.4. The number of likely N-dealkylation sites (tertiary alicyclic amines) is 1. The molecule has 2 rings (SSSR count). The molecule has 1 aromatic carbocycles. The summed E-state index contributed by atoms with van der Waals surface area (Å²) in [6.45, 7) is 5.14. The minimum Gasteiger partial charge on any atom is -0.334 e. The van der Waals surface area contributed by atoms with E-state index in [2.05, 4.69) is 13.8 Å². The first-order chi connectivity index (χ1) is 8.63. The number of nitrogens with zero attached hydrogens (tertiary/aromatic N) is 1. The Balaban J connectivity index is 2.13. The van der Waals surface area contributed by atoms with Gasteiger partial charge in [-0.25, -0.2) is 0 Å². The van der Waals surface area contributed by atoms with Crippen molar-refractivity contribution in [1.29, 1.82) is 0 Å². The third-order valence-corrected chi connectivity index (χ3v) is 4.00. The average molecular weight is 266 g/mol. The van der Waals surface area contributed by atoms with Crippen LogP contribution in [0.15, 0.2) is 24.3 Å². The van der Waals surface area contributed by atoms with Crippen LogP contribution < -0.4 is 0 Å². The Morgan fingerprint density at radius 2 is 2.06 bits per heavy atom. The van der Waals surface area contributed by atoms with E-state index >= 15 is 0 Å². The monoisotopic (exact) mass is 265 g/mol. The molecule has 0 N–H and O–H groups in total. The van der Waals surface area contributed by atoms with Crippen LogP contribution >= 0.6 is 11.6 Å². The highest BCUT2D eigenvalue weighted by Crippen LogP contribution is 2.22. The van der Waals surface area contributed by atoms with Gasteiger partial charge in [0.05, 0.1) is 0 Å². The van der Waals surface area contributed by atoms with Crippen LogP contribution in [0.5, 0.6) is 0 Å². The van der Waals surface area contributed by atoms with Gasteiger partial charge in [-0.3, -0.25) is 4.79 Å². The van der Waals surface area contributed by atoms with Crippen molar-refractivity contribution in [3.05, 3.63) is 35.4 Å². The van der Waals surface area contributed by atoms with Gasteiger partial charge in [0.1, 0.15) is 0 Å². The van der Waals surface area contributed by atoms with Crippen molar-refractivity contribution in [3.8, 4) is 0 Å². The topological polar surface area (TPSA) is 20.3 Å². The first-order valence-electron chi connectivity index (χ1n) is 6.60. The lowest BCUT2D eigenvalue weighted by Crippen LogP contribution is -2.36. The number of carbonyl (C=O) groups is 1. The summed E-state index contributed by atoms with van der Waals surface area (Å²) in [6.07, 6.45) is 2.09. The van der Waals surface area contributed by atoms with Crippen molar-refractivity contribution in [2.24, 2.45) is 0 Å². The largest absolute Gasteiger partial charge is 0.334 e. The van der Waals surface area contributed by atoms with Crippen molar-refractivity contribution in [1.82, 2.24) is 4.90 Å². The smallest absolute Gasteiger partial charge is 0.254 e. The summed E-state index contributed by atoms with van der Waals surface area (Å²) < 4.78 is 0. The number of carbonyl (C=O) groups excluding carboxylic acids is 1. The van der Waals surface area contributed by atoms with Gasteiger partial charge in [0.15, 0.2) is 0 Å². The van der Waals surface area contributed by atoms with Crippen molar-refractivity contribution < 1.29 is 4.79 Å². The maximum Gasteiger partial charge on any atom is 0.254 e. The van der Waals surface area contributed by atoms with E-state index in [1.54, 1.807) is 0 Å². The quantitative estimate of drug-likeness (QED) is 0.764. The molecule has 0 spiro atoms. The van der Waals surface area contributed by atoms with Crippen LogP contribution in [0.25, 0.3) is 0 Å². The third kappa shape index (κ3) is 2.69. The van der Waals surface area contributed by atoms with Crippen molar-refractivity contribution in [3.63, 3.8) is 0 Å². The van der Waals surface area contributed by atoms with Gasteiger partial charge in [-0.1, -0.05) is 26.0 Å². The second-order valence-electron chi connectivity index (χ2n) is 5.23. The van der Waals surface area contributed by atoms with E-state index in [9.17, 15) is 4.79 Å². The molecule has 0 radical (unpaired) electrons. The summed E-state index contributed by atoms with van der Waals surface area (Å²) in [5.74, 6) is 1.15. The molecule has 1 aromatic rings. The summed E-state index contributed by atoms with van der Waals surface area (Å²) in [5, 5.41) is 0. The van der Waals surface area contributed by atoms with E-state index in [-0.39, 0.29) is 11.9 Å². The van der Waals surface area contributed by atoms with Gasteiger partial charge in [0.2, 0.25) is 0 Å². The normalized spacial score (nSPS) is 19.6. The summed E-state index contributed by atoms with van der Waals surface area (Å²) in [4.78, 5) is 14.3. The summed E-state index contributed by atoms with van der Waals surface area (Å²) >= 11 is 5.91. The minimum atomic E-state index is 0.119. The van der Waals surface area contributed by atoms with Crippen LogP contribution in [0.3, 0.4) is 0 Å². The van der Waals surface area contributed by atoms with Crippen LogP contribution in [0, 0.1) is 0 Å². The first-order valence-corrected chi connectivity index (χ1v) is 7.14. The van der Waals surface area contributed by atoms with Crippen molar-refractivity contribution in [2.75, 3.05) is 12.4 Å². The van der Waals surface area contributed by atoms with E-state index in [0.29, 0.717) is 11.8 Å². The van der Waals surface area contributed by atoms with E-state index in [0.717, 1.165) is 24.9 Å². The lowest BCUT2D eigenvalue weighted by atomic mass is 10.0. The fraction of sp³-hybridized carbons (Fsp3) is 0.533. The number of halogens is 1. The predicted molar refractivity (Wildman–Crippen MR) is 75.3 cm³/mol. The summed E-state index contributed by atoms with van der Waals surface area (Å²) in [6, 6.07) is 8.17. The Hall–Kier alpha value is -1.02. The van der Waals surface area contributed by atoms with Gasteiger partial charge in [-0.05, 0) is 36.5 Å². The second kappa shape index (κ2) is 5.75. The fourth-order valence-corrected chi connectivity index (χ4v) is 2.76. The highest BCUT2D eigenvalue weighted by molar-refractivity contribution is 6.18. The Labute approximate surface area is 114 Å². The van der Waals surface area contributed by atoms with Gasteiger partial charge < -0.3 is 4.90 Å². The zero-order chi connectivity index (χ0) is 13.1. The minimum absolute atomic E-state index is 0.119. The number of alkyl halides is 1. The molecular weight excluding hydrogens is 246 g/mol. The molecule has 1 fully saturated rings. The van der Waals surface area contributed by atoms with E-state index in [1.807, 2.05) is 29.2 Å². The molecule has 98 valence electrons. The zero-order valence-electron chi connectivity index (χ0n) is 11.0. The molecule has 1 atom stereocenters. The van der Waals surface area contributed by atoms with Gasteiger partial charge in [-0.2, -0.15) is 0 Å². The van der Waals surface area contributed by atoms with Gasteiger partial charge in [0, 0.05) is 24.0 Å². The average Bonchev–Trinajstić information content (AvgIpc) is 2.86. The van der Waals surface area contributed by atoms with Crippen LogP contribution in [0.1, 0.15) is 48.5 Å². The molecule has 1 saturated heterocycles. The number of hydrogen-bond acceptors (Lipinski definition) is 1. The predicted octanol–water partition coefficient (Wildman–Crippen LogP) is 3.65. The Morgan fingerprint density at radius 3 is 2.61 bits per heavy atom. The standard InChI is InChI=1S/C15H20ClNO/c1-11(2)12-5-7-13(8-6-12)15(18)17-9-3-4-14(17)10-16/h5-8,11,14H,3-4,9-10H2,1-2H3. The number of benzene rings is 1. The fourth-order valence-electron chi connectivity index (χ4n) is 2.44. The summed E-state index contributed by atoms with van der Waals surface area (Å²) in [5.41, 5.74) is 2.04. The molecule has 0 aliphatic carbocycles. The van der Waals surface area contributed by atoms with Crippen molar-refractivity contribution >= 4 is 17.5 Å². The lowest BCUT2D eigenvalue weighted by molar-refractivity contribution is 0.0749. The zero-order valence-corrected chi connectivity index (χ0v) is 11.8. The maximum absolute atomic E-state index is 12.4. The SMILES string of the molecule is CC(C)c1ccc(C(=O)N2CCCC2CCl)cc1. The molecular formula is C15H20ClNO. The van der Waals surface area contributed by atoms with Crippen molar-refractivity contribution in [2.45, 2.75) is 38.6 Å². The van der Waals surface area contributed by atoms with E-state index < -0.39 is 0 Å². The Bertz CT molecular complexity index is 413.